The van der Waals surface area contributed by atoms with Crippen LogP contribution in [-0.2, 0) is 7.05 Å². The number of pyridine rings is 1. The molecule has 0 saturated carbocycles. The number of thiazole rings is 1. The van der Waals surface area contributed by atoms with Gasteiger partial charge < -0.3 is 0 Å². The van der Waals surface area contributed by atoms with Crippen molar-refractivity contribution >= 4 is 43.6 Å². The summed E-state index contributed by atoms with van der Waals surface area (Å²) in [6, 6.07) is 7.95. The predicted molar refractivity (Wildman–Crippen MR) is 110 cm³/mol. The Labute approximate surface area is 161 Å². The van der Waals surface area contributed by atoms with E-state index in [1.165, 1.54) is 16.9 Å². The maximum absolute atomic E-state index is 13.1. The predicted octanol–water partition coefficient (Wildman–Crippen LogP) is 4.57. The van der Waals surface area contributed by atoms with Crippen molar-refractivity contribution in [3.05, 3.63) is 46.8 Å². The highest BCUT2D eigenvalue weighted by molar-refractivity contribution is 7.22. The molecule has 1 aromatic carbocycles. The average molecular weight is 379 g/mol. The van der Waals surface area contributed by atoms with Crippen LogP contribution in [0, 0.1) is 13.8 Å². The van der Waals surface area contributed by atoms with E-state index in [0.717, 1.165) is 32.6 Å². The van der Waals surface area contributed by atoms with Gasteiger partial charge in [-0.1, -0.05) is 31.3 Å². The minimum atomic E-state index is -0.184. The molecule has 0 fully saturated rings. The first-order valence-corrected chi connectivity index (χ1v) is 9.68. The van der Waals surface area contributed by atoms with E-state index < -0.39 is 0 Å². The van der Waals surface area contributed by atoms with Crippen LogP contribution in [0.15, 0.2) is 24.3 Å². The number of hydrogen-bond acceptors (Lipinski definition) is 5. The molecule has 0 bridgehead atoms. The van der Waals surface area contributed by atoms with Gasteiger partial charge in [0.25, 0.3) is 5.91 Å². The molecule has 27 heavy (non-hydrogen) atoms. The summed E-state index contributed by atoms with van der Waals surface area (Å²) in [4.78, 5) is 22.3. The summed E-state index contributed by atoms with van der Waals surface area (Å²) in [5.74, 6) is 0.0257. The standard InChI is InChI=1S/C20H21N5OS/c1-10(2)15-9-13(17-12(4)24-25(5)18(17)21-15)19(26)23-20-22-14-7-6-11(3)8-16(14)27-20/h6-10H,1-5H3,(H,22,23,26). The Morgan fingerprint density at radius 2 is 1.96 bits per heavy atom. The molecule has 0 radical (unpaired) electrons. The van der Waals surface area contributed by atoms with Crippen molar-refractivity contribution < 1.29 is 4.79 Å². The molecular formula is C20H21N5OS. The molecule has 0 atom stereocenters. The Morgan fingerprint density at radius 1 is 1.19 bits per heavy atom. The number of nitrogens with zero attached hydrogens (tertiary/aromatic N) is 4. The van der Waals surface area contributed by atoms with Crippen molar-refractivity contribution in [2.45, 2.75) is 33.6 Å². The number of aryl methyl sites for hydroxylation is 3. The van der Waals surface area contributed by atoms with E-state index >= 15 is 0 Å². The first kappa shape index (κ1) is 17.6. The summed E-state index contributed by atoms with van der Waals surface area (Å²) in [5.41, 5.74) is 5.04. The molecule has 0 unspecified atom stereocenters. The molecule has 4 rings (SSSR count). The van der Waals surface area contributed by atoms with Gasteiger partial charge in [0.15, 0.2) is 10.8 Å². The van der Waals surface area contributed by atoms with Crippen LogP contribution in [0.5, 0.6) is 0 Å². The van der Waals surface area contributed by atoms with Crippen LogP contribution in [0.25, 0.3) is 21.3 Å². The van der Waals surface area contributed by atoms with Crippen molar-refractivity contribution in [2.24, 2.45) is 7.05 Å². The zero-order valence-electron chi connectivity index (χ0n) is 16.0. The monoisotopic (exact) mass is 379 g/mol. The maximum Gasteiger partial charge on any atom is 0.258 e. The zero-order valence-corrected chi connectivity index (χ0v) is 16.8. The number of aromatic nitrogens is 4. The second-order valence-electron chi connectivity index (χ2n) is 7.10. The van der Waals surface area contributed by atoms with Gasteiger partial charge in [-0.05, 0) is 43.5 Å². The summed E-state index contributed by atoms with van der Waals surface area (Å²) in [6.45, 7) is 8.07. The van der Waals surface area contributed by atoms with Crippen molar-refractivity contribution in [3.63, 3.8) is 0 Å². The Bertz CT molecular complexity index is 1190. The van der Waals surface area contributed by atoms with Crippen molar-refractivity contribution in [1.29, 1.82) is 0 Å². The third-order valence-corrected chi connectivity index (χ3v) is 5.52. The number of anilines is 1. The van der Waals surface area contributed by atoms with Crippen LogP contribution >= 0.6 is 11.3 Å². The first-order valence-electron chi connectivity index (χ1n) is 8.86. The molecule has 3 aromatic heterocycles. The number of carbonyl (C=O) groups excluding carboxylic acids is 1. The van der Waals surface area contributed by atoms with Gasteiger partial charge in [0, 0.05) is 12.7 Å². The summed E-state index contributed by atoms with van der Waals surface area (Å²) in [6.07, 6.45) is 0. The fourth-order valence-corrected chi connectivity index (χ4v) is 4.15. The van der Waals surface area contributed by atoms with Gasteiger partial charge in [0.2, 0.25) is 0 Å². The molecule has 4 aromatic rings. The van der Waals surface area contributed by atoms with Crippen LogP contribution in [0.2, 0.25) is 0 Å². The van der Waals surface area contributed by atoms with E-state index in [9.17, 15) is 4.79 Å². The third-order valence-electron chi connectivity index (χ3n) is 4.59. The number of benzene rings is 1. The second-order valence-corrected chi connectivity index (χ2v) is 8.13. The molecule has 138 valence electrons. The van der Waals surface area contributed by atoms with Crippen molar-refractivity contribution in [2.75, 3.05) is 5.32 Å². The second kappa shape index (κ2) is 6.42. The molecule has 0 spiro atoms. The smallest absolute Gasteiger partial charge is 0.258 e. The molecule has 1 amide bonds. The molecule has 3 heterocycles. The lowest BCUT2D eigenvalue weighted by Gasteiger charge is -2.09. The van der Waals surface area contributed by atoms with Gasteiger partial charge in [-0.15, -0.1) is 0 Å². The van der Waals surface area contributed by atoms with E-state index in [1.54, 1.807) is 4.68 Å². The summed E-state index contributed by atoms with van der Waals surface area (Å²) >= 11 is 1.48. The molecule has 0 saturated heterocycles. The largest absolute Gasteiger partial charge is 0.298 e. The molecule has 0 aliphatic rings. The molecule has 1 N–H and O–H groups in total. The van der Waals surface area contributed by atoms with Crippen molar-refractivity contribution in [3.8, 4) is 0 Å². The number of carbonyl (C=O) groups is 1. The van der Waals surface area contributed by atoms with E-state index in [0.29, 0.717) is 10.7 Å². The lowest BCUT2D eigenvalue weighted by molar-refractivity contribution is 0.102. The van der Waals surface area contributed by atoms with Gasteiger partial charge >= 0.3 is 0 Å². The quantitative estimate of drug-likeness (QED) is 0.566. The number of amides is 1. The fraction of sp³-hybridized carbons (Fsp3) is 0.300. The summed E-state index contributed by atoms with van der Waals surface area (Å²) in [5, 5.41) is 8.80. The SMILES string of the molecule is Cc1ccc2nc(NC(=O)c3cc(C(C)C)nc4c3c(C)nn4C)sc2c1. The molecule has 0 aliphatic carbocycles. The van der Waals surface area contributed by atoms with Crippen LogP contribution in [0.4, 0.5) is 5.13 Å². The zero-order chi connectivity index (χ0) is 19.3. The fourth-order valence-electron chi connectivity index (χ4n) is 3.19. The minimum absolute atomic E-state index is 0.184. The Balaban J connectivity index is 1.79. The third kappa shape index (κ3) is 3.08. The highest BCUT2D eigenvalue weighted by atomic mass is 32.1. The number of hydrogen-bond donors (Lipinski definition) is 1. The van der Waals surface area contributed by atoms with Gasteiger partial charge in [0.1, 0.15) is 0 Å². The Hall–Kier alpha value is -2.80. The lowest BCUT2D eigenvalue weighted by atomic mass is 10.0. The summed E-state index contributed by atoms with van der Waals surface area (Å²) < 4.78 is 2.79. The lowest BCUT2D eigenvalue weighted by Crippen LogP contribution is -2.14. The first-order chi connectivity index (χ1) is 12.8. The number of rotatable bonds is 3. The van der Waals surface area contributed by atoms with E-state index in [2.05, 4.69) is 35.3 Å². The van der Waals surface area contributed by atoms with E-state index in [1.807, 2.05) is 39.1 Å². The molecule has 6 nitrogen and oxygen atoms in total. The minimum Gasteiger partial charge on any atom is -0.298 e. The molecular weight excluding hydrogens is 358 g/mol. The van der Waals surface area contributed by atoms with Crippen LogP contribution in [0.3, 0.4) is 0 Å². The highest BCUT2D eigenvalue weighted by Gasteiger charge is 2.20. The van der Waals surface area contributed by atoms with E-state index in [4.69, 9.17) is 4.98 Å². The van der Waals surface area contributed by atoms with Crippen LogP contribution in [-0.4, -0.2) is 25.7 Å². The number of fused-ring (bicyclic) bond motifs is 2. The van der Waals surface area contributed by atoms with Gasteiger partial charge in [-0.25, -0.2) is 9.97 Å². The molecule has 7 heteroatoms. The highest BCUT2D eigenvalue weighted by Crippen LogP contribution is 2.29. The van der Waals surface area contributed by atoms with Gasteiger partial charge in [-0.3, -0.25) is 14.8 Å². The molecule has 0 aliphatic heterocycles. The van der Waals surface area contributed by atoms with Crippen LogP contribution < -0.4 is 5.32 Å². The average Bonchev–Trinajstić information content (AvgIpc) is 3.13. The van der Waals surface area contributed by atoms with E-state index in [-0.39, 0.29) is 11.8 Å². The van der Waals surface area contributed by atoms with Crippen LogP contribution in [0.1, 0.15) is 47.1 Å². The number of nitrogens with one attached hydrogen (secondary N) is 1. The summed E-state index contributed by atoms with van der Waals surface area (Å²) in [7, 11) is 1.85. The topological polar surface area (TPSA) is 72.7 Å². The Morgan fingerprint density at radius 3 is 2.70 bits per heavy atom. The Kier molecular flexibility index (Phi) is 4.19. The normalized spacial score (nSPS) is 11.6. The van der Waals surface area contributed by atoms with Crippen molar-refractivity contribution in [1.82, 2.24) is 19.7 Å². The van der Waals surface area contributed by atoms with Gasteiger partial charge in [0.05, 0.1) is 26.9 Å². The maximum atomic E-state index is 13.1. The van der Waals surface area contributed by atoms with Gasteiger partial charge in [-0.2, -0.15) is 5.10 Å².